The summed E-state index contributed by atoms with van der Waals surface area (Å²) in [5.41, 5.74) is 13.5. The normalized spacial score (nSPS) is 16.4. The van der Waals surface area contributed by atoms with Gasteiger partial charge in [-0.2, -0.15) is 0 Å². The zero-order chi connectivity index (χ0) is 37.8. The molecule has 0 amide bonds. The van der Waals surface area contributed by atoms with Gasteiger partial charge in [-0.3, -0.25) is 0 Å². The highest BCUT2D eigenvalue weighted by atomic mass is 32.1. The molecular formula is C55H39NS. The predicted molar refractivity (Wildman–Crippen MR) is 242 cm³/mol. The Kier molecular flexibility index (Phi) is 8.12. The van der Waals surface area contributed by atoms with Crippen molar-refractivity contribution in [1.29, 1.82) is 0 Å². The summed E-state index contributed by atoms with van der Waals surface area (Å²) in [7, 11) is 0. The molecule has 0 saturated carbocycles. The molecule has 0 spiro atoms. The molecule has 1 aromatic heterocycles. The number of fused-ring (bicyclic) bond motifs is 7. The molecule has 9 aromatic rings. The van der Waals surface area contributed by atoms with Crippen LogP contribution in [0.5, 0.6) is 0 Å². The predicted octanol–water partition coefficient (Wildman–Crippen LogP) is 15.0. The van der Waals surface area contributed by atoms with Gasteiger partial charge in [-0.15, -0.1) is 11.3 Å². The van der Waals surface area contributed by atoms with Crippen LogP contribution in [0.25, 0.3) is 42.4 Å². The van der Waals surface area contributed by atoms with Gasteiger partial charge in [0.15, 0.2) is 0 Å². The van der Waals surface area contributed by atoms with Gasteiger partial charge < -0.3 is 4.90 Å². The standard InChI is InChI=1S/C55H39NS/c1-5-16-38(17-6-1)40-28-32-44(33-29-40)56(45-34-30-41(31-35-45)39-18-7-2-8-19-39)51-27-15-25-46-47-36-37-50-52(54(47)57-53(46)51)48-24-13-14-26-49(48)55(50,42-20-9-3-10-21-42)43-22-11-4-12-23-43/h1-37,48-49H. The van der Waals surface area contributed by atoms with Crippen molar-refractivity contribution < 1.29 is 0 Å². The van der Waals surface area contributed by atoms with Gasteiger partial charge in [0.05, 0.1) is 15.8 Å². The molecule has 2 atom stereocenters. The van der Waals surface area contributed by atoms with Gasteiger partial charge in [-0.1, -0.05) is 194 Å². The Morgan fingerprint density at radius 2 is 0.895 bits per heavy atom. The molecule has 2 unspecified atom stereocenters. The van der Waals surface area contributed by atoms with Gasteiger partial charge in [0.1, 0.15) is 0 Å². The van der Waals surface area contributed by atoms with Crippen LogP contribution in [0.1, 0.15) is 28.2 Å². The van der Waals surface area contributed by atoms with Crippen LogP contribution in [-0.4, -0.2) is 0 Å². The minimum Gasteiger partial charge on any atom is -0.309 e. The largest absolute Gasteiger partial charge is 0.309 e. The van der Waals surface area contributed by atoms with Gasteiger partial charge in [0.25, 0.3) is 0 Å². The van der Waals surface area contributed by atoms with Crippen LogP contribution in [0.2, 0.25) is 0 Å². The molecule has 2 heteroatoms. The molecule has 0 fully saturated rings. The van der Waals surface area contributed by atoms with Crippen molar-refractivity contribution in [2.75, 3.05) is 4.90 Å². The molecule has 8 aromatic carbocycles. The van der Waals surface area contributed by atoms with Crippen molar-refractivity contribution in [3.63, 3.8) is 0 Å². The number of anilines is 3. The highest BCUT2D eigenvalue weighted by Crippen LogP contribution is 2.62. The molecule has 1 heterocycles. The first-order chi connectivity index (χ1) is 28.3. The van der Waals surface area contributed by atoms with Gasteiger partial charge >= 0.3 is 0 Å². The second-order valence-corrected chi connectivity index (χ2v) is 16.2. The first-order valence-electron chi connectivity index (χ1n) is 19.8. The monoisotopic (exact) mass is 745 g/mol. The summed E-state index contributed by atoms with van der Waals surface area (Å²) in [6.07, 6.45) is 9.44. The molecule has 0 aliphatic heterocycles. The fraction of sp³-hybridized carbons (Fsp3) is 0.0545. The van der Waals surface area contributed by atoms with Crippen molar-refractivity contribution in [2.24, 2.45) is 5.92 Å². The number of nitrogens with zero attached hydrogens (tertiary/aromatic N) is 1. The first kappa shape index (κ1) is 33.6. The maximum absolute atomic E-state index is 2.47. The maximum atomic E-state index is 2.47. The van der Waals surface area contributed by atoms with Crippen LogP contribution in [0.15, 0.2) is 224 Å². The Hall–Kier alpha value is -6.74. The summed E-state index contributed by atoms with van der Waals surface area (Å²) in [5.74, 6) is 0.498. The average molecular weight is 746 g/mol. The van der Waals surface area contributed by atoms with Crippen LogP contribution < -0.4 is 4.90 Å². The van der Waals surface area contributed by atoms with E-state index in [0.29, 0.717) is 0 Å². The summed E-state index contributed by atoms with van der Waals surface area (Å²) < 4.78 is 2.68. The Labute approximate surface area is 338 Å². The second-order valence-electron chi connectivity index (χ2n) is 15.2. The number of hydrogen-bond donors (Lipinski definition) is 0. The third-order valence-corrected chi connectivity index (χ3v) is 13.5. The lowest BCUT2D eigenvalue weighted by Gasteiger charge is -2.38. The van der Waals surface area contributed by atoms with Crippen molar-refractivity contribution in [2.45, 2.75) is 11.3 Å². The molecule has 1 nitrogen and oxygen atoms in total. The zero-order valence-corrected chi connectivity index (χ0v) is 32.2. The van der Waals surface area contributed by atoms with Crippen LogP contribution >= 0.6 is 11.3 Å². The van der Waals surface area contributed by atoms with Crippen LogP contribution in [0, 0.1) is 5.92 Å². The molecule has 0 bridgehead atoms. The van der Waals surface area contributed by atoms with E-state index >= 15 is 0 Å². The number of hydrogen-bond acceptors (Lipinski definition) is 2. The number of thiophene rings is 1. The van der Waals surface area contributed by atoms with Crippen molar-refractivity contribution in [1.82, 2.24) is 0 Å². The Morgan fingerprint density at radius 1 is 0.404 bits per heavy atom. The molecule has 2 aliphatic carbocycles. The highest BCUT2D eigenvalue weighted by molar-refractivity contribution is 7.26. The number of benzene rings is 8. The summed E-state index contributed by atoms with van der Waals surface area (Å²) in [4.78, 5) is 2.45. The van der Waals surface area contributed by atoms with Crippen molar-refractivity contribution >= 4 is 48.6 Å². The van der Waals surface area contributed by atoms with E-state index < -0.39 is 0 Å². The molecule has 0 radical (unpaired) electrons. The van der Waals surface area contributed by atoms with Gasteiger partial charge in [-0.05, 0) is 74.8 Å². The SMILES string of the molecule is C1=CC2c3c(ccc4c3sc3c(N(c5ccc(-c6ccccc6)cc5)c5ccc(-c6ccccc6)cc5)cccc34)C(c3ccccc3)(c3ccccc3)C2C=C1. The topological polar surface area (TPSA) is 3.24 Å². The van der Waals surface area contributed by atoms with E-state index in [1.165, 1.54) is 70.4 Å². The Morgan fingerprint density at radius 3 is 1.46 bits per heavy atom. The van der Waals surface area contributed by atoms with E-state index in [1.54, 1.807) is 0 Å². The summed E-state index contributed by atoms with van der Waals surface area (Å²) >= 11 is 1.96. The van der Waals surface area contributed by atoms with Crippen LogP contribution in [-0.2, 0) is 5.41 Å². The third-order valence-electron chi connectivity index (χ3n) is 12.2. The summed E-state index contributed by atoms with van der Waals surface area (Å²) in [5, 5.41) is 2.62. The second kappa shape index (κ2) is 13.8. The average Bonchev–Trinajstić information content (AvgIpc) is 3.83. The van der Waals surface area contributed by atoms with Crippen LogP contribution in [0.4, 0.5) is 17.1 Å². The quantitative estimate of drug-likeness (QED) is 0.157. The first-order valence-corrected chi connectivity index (χ1v) is 20.7. The lowest BCUT2D eigenvalue weighted by molar-refractivity contribution is 0.457. The maximum Gasteiger partial charge on any atom is 0.0640 e. The van der Waals surface area contributed by atoms with E-state index in [9.17, 15) is 0 Å². The van der Waals surface area contributed by atoms with E-state index in [2.05, 4.69) is 229 Å². The molecular weight excluding hydrogens is 707 g/mol. The van der Waals surface area contributed by atoms with Gasteiger partial charge in [0, 0.05) is 38.7 Å². The molecule has 57 heavy (non-hydrogen) atoms. The molecule has 0 saturated heterocycles. The molecule has 11 rings (SSSR count). The fourth-order valence-corrected chi connectivity index (χ4v) is 11.2. The lowest BCUT2D eigenvalue weighted by Crippen LogP contribution is -2.34. The minimum absolute atomic E-state index is 0.248. The van der Waals surface area contributed by atoms with Crippen molar-refractivity contribution in [3.05, 3.63) is 247 Å². The van der Waals surface area contributed by atoms with Gasteiger partial charge in [-0.25, -0.2) is 0 Å². The third kappa shape index (κ3) is 5.36. The van der Waals surface area contributed by atoms with E-state index in [0.717, 1.165) is 11.4 Å². The zero-order valence-electron chi connectivity index (χ0n) is 31.4. The lowest BCUT2D eigenvalue weighted by atomic mass is 9.63. The van der Waals surface area contributed by atoms with Crippen molar-refractivity contribution in [3.8, 4) is 22.3 Å². The van der Waals surface area contributed by atoms with Crippen LogP contribution in [0.3, 0.4) is 0 Å². The molecule has 2 aliphatic rings. The minimum atomic E-state index is -0.315. The Bertz CT molecular complexity index is 2800. The number of rotatable bonds is 7. The fourth-order valence-electron chi connectivity index (χ4n) is 9.75. The smallest absolute Gasteiger partial charge is 0.0640 e. The number of allylic oxidation sites excluding steroid dienone is 4. The Balaban J connectivity index is 1.13. The van der Waals surface area contributed by atoms with E-state index in [-0.39, 0.29) is 17.3 Å². The molecule has 270 valence electrons. The van der Waals surface area contributed by atoms with E-state index in [1.807, 2.05) is 11.3 Å². The highest BCUT2D eigenvalue weighted by Gasteiger charge is 2.53. The van der Waals surface area contributed by atoms with Gasteiger partial charge in [0.2, 0.25) is 0 Å². The summed E-state index contributed by atoms with van der Waals surface area (Å²) in [6.45, 7) is 0. The van der Waals surface area contributed by atoms with E-state index in [4.69, 9.17) is 0 Å². The molecule has 0 N–H and O–H groups in total. The summed E-state index contributed by atoms with van der Waals surface area (Å²) in [6, 6.07) is 73.6.